The number of amides is 1. The van der Waals surface area contributed by atoms with Gasteiger partial charge in [-0.1, -0.05) is 0 Å². The molecule has 0 saturated carbocycles. The van der Waals surface area contributed by atoms with Gasteiger partial charge in [-0.2, -0.15) is 4.73 Å². The lowest BCUT2D eigenvalue weighted by atomic mass is 10.2. The number of carbonyl (C=O) groups is 1. The molecule has 0 unspecified atom stereocenters. The molecule has 0 bridgehead atoms. The average molecular weight is 206 g/mol. The predicted molar refractivity (Wildman–Crippen MR) is 55.3 cm³/mol. The Morgan fingerprint density at radius 3 is 2.80 bits per heavy atom. The van der Waals surface area contributed by atoms with Crippen molar-refractivity contribution in [3.05, 3.63) is 34.8 Å². The fourth-order valence-corrected chi connectivity index (χ4v) is 1.89. The summed E-state index contributed by atoms with van der Waals surface area (Å²) in [5, 5.41) is 11.3. The maximum atomic E-state index is 12.0. The van der Waals surface area contributed by atoms with E-state index in [0.717, 1.165) is 30.7 Å². The first-order valence-electron chi connectivity index (χ1n) is 5.18. The topological polar surface area (TPSA) is 47.2 Å². The molecule has 2 heterocycles. The van der Waals surface area contributed by atoms with Gasteiger partial charge in [0, 0.05) is 26.1 Å². The summed E-state index contributed by atoms with van der Waals surface area (Å²) >= 11 is 0. The zero-order chi connectivity index (χ0) is 10.8. The van der Waals surface area contributed by atoms with E-state index in [-0.39, 0.29) is 5.91 Å². The van der Waals surface area contributed by atoms with Crippen molar-refractivity contribution in [2.24, 2.45) is 0 Å². The Morgan fingerprint density at radius 2 is 2.13 bits per heavy atom. The summed E-state index contributed by atoms with van der Waals surface area (Å²) in [5.41, 5.74) is 1.00. The SMILES string of the molecule is Cc1c(C(=O)N2CCCC2)ccc[n+]1[O-]. The van der Waals surface area contributed by atoms with Crippen LogP contribution in [0.3, 0.4) is 0 Å². The van der Waals surface area contributed by atoms with Gasteiger partial charge in [0.25, 0.3) is 5.91 Å². The third-order valence-electron chi connectivity index (χ3n) is 2.83. The number of aromatic nitrogens is 1. The Bertz CT molecular complexity index is 384. The second kappa shape index (κ2) is 3.88. The van der Waals surface area contributed by atoms with Gasteiger partial charge >= 0.3 is 0 Å². The van der Waals surface area contributed by atoms with Crippen molar-refractivity contribution in [1.82, 2.24) is 4.90 Å². The molecule has 4 heteroatoms. The van der Waals surface area contributed by atoms with Crippen LogP contribution in [-0.2, 0) is 0 Å². The third kappa shape index (κ3) is 1.79. The van der Waals surface area contributed by atoms with Crippen LogP contribution in [0.2, 0.25) is 0 Å². The van der Waals surface area contributed by atoms with E-state index in [1.807, 2.05) is 4.90 Å². The van der Waals surface area contributed by atoms with Crippen LogP contribution >= 0.6 is 0 Å². The minimum absolute atomic E-state index is 0.0183. The standard InChI is InChI=1S/C11H14N2O2/c1-9-10(5-4-8-13(9)15)11(14)12-6-2-3-7-12/h4-5,8H,2-3,6-7H2,1H3. The first kappa shape index (κ1) is 9.96. The van der Waals surface area contributed by atoms with Crippen LogP contribution in [0.4, 0.5) is 0 Å². The number of nitrogens with zero attached hydrogens (tertiary/aromatic N) is 2. The fraction of sp³-hybridized carbons (Fsp3) is 0.455. The average Bonchev–Trinajstić information content (AvgIpc) is 2.74. The Balaban J connectivity index is 2.28. The lowest BCUT2D eigenvalue weighted by Gasteiger charge is -2.15. The lowest BCUT2D eigenvalue weighted by Crippen LogP contribution is -2.35. The molecule has 1 amide bonds. The molecule has 0 atom stereocenters. The highest BCUT2D eigenvalue weighted by Gasteiger charge is 2.23. The summed E-state index contributed by atoms with van der Waals surface area (Å²) in [5.74, 6) is -0.0183. The van der Waals surface area contributed by atoms with Crippen molar-refractivity contribution in [2.75, 3.05) is 13.1 Å². The summed E-state index contributed by atoms with van der Waals surface area (Å²) in [6, 6.07) is 3.33. The van der Waals surface area contributed by atoms with E-state index >= 15 is 0 Å². The first-order chi connectivity index (χ1) is 7.20. The maximum absolute atomic E-state index is 12.0. The Kier molecular flexibility index (Phi) is 2.58. The molecule has 1 fully saturated rings. The fourth-order valence-electron chi connectivity index (χ4n) is 1.89. The molecule has 0 aromatic carbocycles. The van der Waals surface area contributed by atoms with Crippen molar-refractivity contribution in [1.29, 1.82) is 0 Å². The van der Waals surface area contributed by atoms with Crippen LogP contribution in [0.15, 0.2) is 18.3 Å². The van der Waals surface area contributed by atoms with Gasteiger partial charge in [0.15, 0.2) is 6.20 Å². The number of pyridine rings is 1. The molecule has 0 N–H and O–H groups in total. The zero-order valence-electron chi connectivity index (χ0n) is 8.77. The Labute approximate surface area is 88.7 Å². The second-order valence-electron chi connectivity index (χ2n) is 3.83. The van der Waals surface area contributed by atoms with E-state index in [9.17, 15) is 10.0 Å². The van der Waals surface area contributed by atoms with E-state index < -0.39 is 0 Å². The normalized spacial score (nSPS) is 15.7. The quantitative estimate of drug-likeness (QED) is 0.505. The van der Waals surface area contributed by atoms with Gasteiger partial charge < -0.3 is 10.1 Å². The number of rotatable bonds is 1. The molecule has 4 nitrogen and oxygen atoms in total. The minimum Gasteiger partial charge on any atom is -0.618 e. The molecule has 1 aromatic heterocycles. The highest BCUT2D eigenvalue weighted by atomic mass is 16.5. The van der Waals surface area contributed by atoms with Crippen LogP contribution in [0.1, 0.15) is 28.9 Å². The summed E-state index contributed by atoms with van der Waals surface area (Å²) < 4.78 is 0.739. The summed E-state index contributed by atoms with van der Waals surface area (Å²) in [7, 11) is 0. The van der Waals surface area contributed by atoms with E-state index in [4.69, 9.17) is 0 Å². The molecule has 0 radical (unpaired) electrons. The van der Waals surface area contributed by atoms with Crippen LogP contribution in [0.5, 0.6) is 0 Å². The van der Waals surface area contributed by atoms with Gasteiger partial charge in [-0.3, -0.25) is 4.79 Å². The monoisotopic (exact) mass is 206 g/mol. The van der Waals surface area contributed by atoms with Gasteiger partial charge in [0.2, 0.25) is 5.69 Å². The zero-order valence-corrected chi connectivity index (χ0v) is 8.77. The molecular formula is C11H14N2O2. The summed E-state index contributed by atoms with van der Waals surface area (Å²) in [6.45, 7) is 3.30. The van der Waals surface area contributed by atoms with Gasteiger partial charge in [-0.15, -0.1) is 0 Å². The van der Waals surface area contributed by atoms with Crippen molar-refractivity contribution in [3.8, 4) is 0 Å². The van der Waals surface area contributed by atoms with E-state index in [2.05, 4.69) is 0 Å². The highest BCUT2D eigenvalue weighted by molar-refractivity contribution is 5.95. The molecule has 0 spiro atoms. The predicted octanol–water partition coefficient (Wildman–Crippen LogP) is 0.864. The van der Waals surface area contributed by atoms with Crippen LogP contribution in [-0.4, -0.2) is 23.9 Å². The van der Waals surface area contributed by atoms with E-state index in [0.29, 0.717) is 11.3 Å². The highest BCUT2D eigenvalue weighted by Crippen LogP contribution is 2.13. The van der Waals surface area contributed by atoms with Gasteiger partial charge in [0.1, 0.15) is 5.56 Å². The molecule has 1 aromatic rings. The molecule has 1 saturated heterocycles. The molecule has 0 aliphatic carbocycles. The van der Waals surface area contributed by atoms with Crippen LogP contribution in [0, 0.1) is 12.1 Å². The first-order valence-corrected chi connectivity index (χ1v) is 5.18. The number of likely N-dealkylation sites (tertiary alicyclic amines) is 1. The van der Waals surface area contributed by atoms with Gasteiger partial charge in [0.05, 0.1) is 0 Å². The molecular weight excluding hydrogens is 192 g/mol. The van der Waals surface area contributed by atoms with Crippen LogP contribution < -0.4 is 4.73 Å². The Morgan fingerprint density at radius 1 is 1.47 bits per heavy atom. The summed E-state index contributed by atoms with van der Waals surface area (Å²) in [4.78, 5) is 13.8. The Hall–Kier alpha value is -1.58. The minimum atomic E-state index is -0.0183. The van der Waals surface area contributed by atoms with Crippen molar-refractivity contribution in [3.63, 3.8) is 0 Å². The molecule has 2 rings (SSSR count). The van der Waals surface area contributed by atoms with E-state index in [1.165, 1.54) is 6.20 Å². The maximum Gasteiger partial charge on any atom is 0.260 e. The molecule has 1 aliphatic rings. The number of carbonyl (C=O) groups excluding carboxylic acids is 1. The smallest absolute Gasteiger partial charge is 0.260 e. The van der Waals surface area contributed by atoms with Crippen molar-refractivity contribution in [2.45, 2.75) is 19.8 Å². The number of hydrogen-bond acceptors (Lipinski definition) is 2. The van der Waals surface area contributed by atoms with Gasteiger partial charge in [-0.05, 0) is 18.9 Å². The third-order valence-corrected chi connectivity index (χ3v) is 2.83. The van der Waals surface area contributed by atoms with E-state index in [1.54, 1.807) is 19.1 Å². The second-order valence-corrected chi connectivity index (χ2v) is 3.83. The number of hydrogen-bond donors (Lipinski definition) is 0. The summed E-state index contributed by atoms with van der Waals surface area (Å²) in [6.07, 6.45) is 3.54. The van der Waals surface area contributed by atoms with Crippen molar-refractivity contribution >= 4 is 5.91 Å². The van der Waals surface area contributed by atoms with Crippen molar-refractivity contribution < 1.29 is 9.52 Å². The molecule has 80 valence electrons. The molecule has 1 aliphatic heterocycles. The largest absolute Gasteiger partial charge is 0.618 e. The molecule has 15 heavy (non-hydrogen) atoms. The lowest BCUT2D eigenvalue weighted by molar-refractivity contribution is -0.612. The van der Waals surface area contributed by atoms with Crippen LogP contribution in [0.25, 0.3) is 0 Å². The van der Waals surface area contributed by atoms with Gasteiger partial charge in [-0.25, -0.2) is 0 Å².